The standard InChI is InChI=1S/C50H56N4O11S2/c1-9-49(4,5)32-17-22-41(39(27-32)50(6,7)10-2)64-24-14-13-23-51-48(58)38-29-42(36-15-11-12-16-37(36)46(38)56)65-34-20-18-33(19-21-34)53-54-45-43(66(8,59)60)26-31-25-35(67(61,62)63)28-40(52-30(3)55)44(31)47(45)57/h11-12,15-22,25-29,56-57H,9-10,13-14,23-24H2,1-8H3,(H,51,58)(H,52,55)(H,61,62,63). The van der Waals surface area contributed by atoms with E-state index in [1.165, 1.54) is 29.3 Å². The van der Waals surface area contributed by atoms with Gasteiger partial charge in [0.25, 0.3) is 16.0 Å². The largest absolute Gasteiger partial charge is 0.506 e. The van der Waals surface area contributed by atoms with E-state index in [0.717, 1.165) is 50.0 Å². The smallest absolute Gasteiger partial charge is 0.294 e. The topological polar surface area (TPSA) is 230 Å². The lowest BCUT2D eigenvalue weighted by molar-refractivity contribution is -0.114. The Balaban J connectivity index is 1.17. The number of amides is 2. The number of fused-ring (bicyclic) bond motifs is 2. The van der Waals surface area contributed by atoms with Crippen LogP contribution in [0.15, 0.2) is 111 Å². The van der Waals surface area contributed by atoms with E-state index >= 15 is 0 Å². The number of nitrogens with one attached hydrogen (secondary N) is 2. The zero-order valence-electron chi connectivity index (χ0n) is 38.7. The molecule has 67 heavy (non-hydrogen) atoms. The number of aromatic hydroxyl groups is 2. The first-order valence-electron chi connectivity index (χ1n) is 21.7. The minimum atomic E-state index is -4.80. The number of carbonyl (C=O) groups excluding carboxylic acids is 2. The Bertz CT molecular complexity index is 3130. The Kier molecular flexibility index (Phi) is 14.7. The molecule has 0 aliphatic rings. The van der Waals surface area contributed by atoms with Crippen LogP contribution >= 0.6 is 0 Å². The molecule has 0 saturated heterocycles. The first kappa shape index (κ1) is 49.9. The zero-order chi connectivity index (χ0) is 49.1. The fraction of sp³-hybridized carbons (Fsp3) is 0.320. The Morgan fingerprint density at radius 3 is 2.06 bits per heavy atom. The summed E-state index contributed by atoms with van der Waals surface area (Å²) in [5, 5.41) is 36.8. The number of benzene rings is 6. The number of hydrogen-bond acceptors (Lipinski definition) is 12. The van der Waals surface area contributed by atoms with Gasteiger partial charge in [0.15, 0.2) is 15.6 Å². The number of carbonyl (C=O) groups is 2. The Hall–Kier alpha value is -6.56. The molecule has 0 saturated carbocycles. The molecular formula is C50H56N4O11S2. The van der Waals surface area contributed by atoms with E-state index in [0.29, 0.717) is 42.5 Å². The van der Waals surface area contributed by atoms with Gasteiger partial charge in [-0.25, -0.2) is 8.42 Å². The highest BCUT2D eigenvalue weighted by Crippen LogP contribution is 2.46. The molecule has 6 rings (SSSR count). The van der Waals surface area contributed by atoms with Gasteiger partial charge in [-0.2, -0.15) is 13.5 Å². The average Bonchev–Trinajstić information content (AvgIpc) is 3.27. The van der Waals surface area contributed by atoms with Crippen molar-refractivity contribution in [2.45, 2.75) is 94.8 Å². The monoisotopic (exact) mass is 952 g/mol. The van der Waals surface area contributed by atoms with E-state index in [9.17, 15) is 41.2 Å². The van der Waals surface area contributed by atoms with Crippen molar-refractivity contribution in [1.82, 2.24) is 5.32 Å². The van der Waals surface area contributed by atoms with Crippen LogP contribution < -0.4 is 20.1 Å². The molecule has 0 bridgehead atoms. The Morgan fingerprint density at radius 2 is 1.43 bits per heavy atom. The van der Waals surface area contributed by atoms with Crippen LogP contribution in [0.5, 0.6) is 28.7 Å². The fourth-order valence-electron chi connectivity index (χ4n) is 7.38. The third-order valence-corrected chi connectivity index (χ3v) is 14.0. The average molecular weight is 953 g/mol. The molecule has 0 radical (unpaired) electrons. The number of sulfone groups is 1. The third-order valence-electron chi connectivity index (χ3n) is 12.1. The van der Waals surface area contributed by atoms with E-state index < -0.39 is 53.0 Å². The molecule has 0 atom stereocenters. The number of ether oxygens (including phenoxy) is 2. The Morgan fingerprint density at radius 1 is 0.761 bits per heavy atom. The molecule has 0 heterocycles. The molecule has 0 aliphatic heterocycles. The number of nitrogens with zero attached hydrogens (tertiary/aromatic N) is 2. The normalized spacial score (nSPS) is 12.4. The van der Waals surface area contributed by atoms with Gasteiger partial charge in [0.1, 0.15) is 28.7 Å². The van der Waals surface area contributed by atoms with Gasteiger partial charge in [0.2, 0.25) is 5.91 Å². The van der Waals surface area contributed by atoms with Gasteiger partial charge in [0.05, 0.1) is 33.3 Å². The van der Waals surface area contributed by atoms with Crippen LogP contribution in [0.1, 0.15) is 95.6 Å². The SMILES string of the molecule is CCC(C)(C)c1ccc(OCCCCNC(=O)c2cc(Oc3ccc(N=Nc4c(S(C)(=O)=O)cc5cc(S(=O)(=O)O)cc(NC(C)=O)c5c4O)cc3)c3ccccc3c2O)c(C(C)(C)CC)c1. The molecule has 0 aliphatic carbocycles. The number of anilines is 1. The summed E-state index contributed by atoms with van der Waals surface area (Å²) < 4.78 is 72.1. The summed E-state index contributed by atoms with van der Waals surface area (Å²) in [6, 6.07) is 23.9. The van der Waals surface area contributed by atoms with Crippen LogP contribution in [0.25, 0.3) is 21.5 Å². The van der Waals surface area contributed by atoms with E-state index in [1.54, 1.807) is 36.4 Å². The van der Waals surface area contributed by atoms with Gasteiger partial charge in [-0.15, -0.1) is 5.11 Å². The van der Waals surface area contributed by atoms with Gasteiger partial charge in [-0.3, -0.25) is 14.1 Å². The van der Waals surface area contributed by atoms with Crippen LogP contribution in [0.3, 0.4) is 0 Å². The van der Waals surface area contributed by atoms with Crippen molar-refractivity contribution in [3.63, 3.8) is 0 Å². The molecule has 6 aromatic carbocycles. The number of rotatable bonds is 18. The Labute approximate surface area is 390 Å². The predicted octanol–water partition coefficient (Wildman–Crippen LogP) is 11.2. The summed E-state index contributed by atoms with van der Waals surface area (Å²) in [6.07, 6.45) is 4.15. The molecule has 2 amide bonds. The highest BCUT2D eigenvalue weighted by molar-refractivity contribution is 7.90. The van der Waals surface area contributed by atoms with Crippen molar-refractivity contribution >= 4 is 70.4 Å². The molecule has 0 unspecified atom stereocenters. The van der Waals surface area contributed by atoms with Gasteiger partial charge in [-0.1, -0.05) is 77.9 Å². The van der Waals surface area contributed by atoms with Crippen molar-refractivity contribution in [3.8, 4) is 28.7 Å². The number of azo groups is 1. The predicted molar refractivity (Wildman–Crippen MR) is 259 cm³/mol. The second kappa shape index (κ2) is 19.7. The number of phenolic OH excluding ortho intramolecular Hbond substituents is 2. The molecule has 17 heteroatoms. The molecule has 0 spiro atoms. The van der Waals surface area contributed by atoms with Crippen molar-refractivity contribution in [3.05, 3.63) is 108 Å². The highest BCUT2D eigenvalue weighted by atomic mass is 32.2. The summed E-state index contributed by atoms with van der Waals surface area (Å²) in [5.74, 6) is -0.586. The highest BCUT2D eigenvalue weighted by Gasteiger charge is 2.28. The fourth-order valence-corrected chi connectivity index (χ4v) is 8.76. The summed E-state index contributed by atoms with van der Waals surface area (Å²) in [4.78, 5) is 24.4. The summed E-state index contributed by atoms with van der Waals surface area (Å²) >= 11 is 0. The van der Waals surface area contributed by atoms with Crippen LogP contribution in [0, 0.1) is 0 Å². The van der Waals surface area contributed by atoms with Crippen LogP contribution in [-0.2, 0) is 35.6 Å². The second-order valence-electron chi connectivity index (χ2n) is 17.7. The van der Waals surface area contributed by atoms with Gasteiger partial charge >= 0.3 is 0 Å². The van der Waals surface area contributed by atoms with E-state index in [2.05, 4.69) is 80.6 Å². The molecule has 5 N–H and O–H groups in total. The second-order valence-corrected chi connectivity index (χ2v) is 21.1. The lowest BCUT2D eigenvalue weighted by atomic mass is 9.76. The maximum atomic E-state index is 13.5. The summed E-state index contributed by atoms with van der Waals surface area (Å²) in [6.45, 7) is 15.3. The molecule has 15 nitrogen and oxygen atoms in total. The van der Waals surface area contributed by atoms with Crippen LogP contribution in [-0.4, -0.2) is 62.8 Å². The van der Waals surface area contributed by atoms with Crippen LogP contribution in [0.2, 0.25) is 0 Å². The maximum Gasteiger partial charge on any atom is 0.294 e. The molecular weight excluding hydrogens is 897 g/mol. The number of phenols is 2. The van der Waals surface area contributed by atoms with Crippen molar-refractivity contribution < 1.29 is 50.7 Å². The number of unbranched alkanes of at least 4 members (excludes halogenated alkanes) is 1. The van der Waals surface area contributed by atoms with Gasteiger partial charge in [-0.05, 0) is 102 Å². The summed E-state index contributed by atoms with van der Waals surface area (Å²) in [7, 11) is -8.93. The van der Waals surface area contributed by atoms with Gasteiger partial charge < -0.3 is 30.3 Å². The van der Waals surface area contributed by atoms with E-state index in [-0.39, 0.29) is 50.0 Å². The zero-order valence-corrected chi connectivity index (χ0v) is 40.4. The summed E-state index contributed by atoms with van der Waals surface area (Å²) in [5.41, 5.74) is 1.95. The van der Waals surface area contributed by atoms with Crippen molar-refractivity contribution in [1.29, 1.82) is 0 Å². The minimum Gasteiger partial charge on any atom is -0.506 e. The molecule has 354 valence electrons. The van der Waals surface area contributed by atoms with Crippen molar-refractivity contribution in [2.24, 2.45) is 10.2 Å². The number of hydrogen-bond donors (Lipinski definition) is 5. The quantitative estimate of drug-likeness (QED) is 0.0309. The van der Waals surface area contributed by atoms with E-state index in [1.807, 2.05) is 0 Å². The molecule has 6 aromatic rings. The van der Waals surface area contributed by atoms with Crippen LogP contribution in [0.4, 0.5) is 17.1 Å². The first-order chi connectivity index (χ1) is 31.4. The maximum absolute atomic E-state index is 13.5. The third kappa shape index (κ3) is 11.4. The first-order valence-corrected chi connectivity index (χ1v) is 25.1. The van der Waals surface area contributed by atoms with Crippen molar-refractivity contribution in [2.75, 3.05) is 24.7 Å². The van der Waals surface area contributed by atoms with E-state index in [4.69, 9.17) is 9.47 Å². The van der Waals surface area contributed by atoms with Gasteiger partial charge in [0, 0.05) is 41.4 Å². The minimum absolute atomic E-state index is 0.0182. The molecule has 0 aromatic heterocycles. The lowest BCUT2D eigenvalue weighted by Gasteiger charge is -2.30. The molecule has 0 fully saturated rings. The lowest BCUT2D eigenvalue weighted by Crippen LogP contribution is -2.25.